The lowest BCUT2D eigenvalue weighted by Crippen LogP contribution is -2.30. The van der Waals surface area contributed by atoms with Crippen LogP contribution in [-0.4, -0.2) is 33.4 Å². The van der Waals surface area contributed by atoms with Crippen LogP contribution in [-0.2, 0) is 31.0 Å². The second-order valence-electron chi connectivity index (χ2n) is 4.82. The van der Waals surface area contributed by atoms with Gasteiger partial charge in [0.25, 0.3) is 15.9 Å². The third kappa shape index (κ3) is 6.18. The first kappa shape index (κ1) is 18.9. The van der Waals surface area contributed by atoms with Gasteiger partial charge in [-0.1, -0.05) is 18.2 Å². The second-order valence-corrected chi connectivity index (χ2v) is 7.76. The van der Waals surface area contributed by atoms with Gasteiger partial charge in [0.15, 0.2) is 6.61 Å². The Kier molecular flexibility index (Phi) is 6.51. The Bertz CT molecular complexity index is 833. The van der Waals surface area contributed by atoms with E-state index in [4.69, 9.17) is 15.2 Å². The van der Waals surface area contributed by atoms with Crippen molar-refractivity contribution in [1.29, 1.82) is 0 Å². The topological polar surface area (TPSA) is 125 Å². The Morgan fingerprint density at radius 2 is 2.00 bits per heavy atom. The van der Waals surface area contributed by atoms with Gasteiger partial charge in [-0.05, 0) is 29.1 Å². The third-order valence-electron chi connectivity index (χ3n) is 2.85. The summed E-state index contributed by atoms with van der Waals surface area (Å²) in [5.74, 6) is -0.913. The molecule has 25 heavy (non-hydrogen) atoms. The molecule has 0 atom stereocenters. The highest BCUT2D eigenvalue weighted by Gasteiger charge is 2.16. The average Bonchev–Trinajstić information content (AvgIpc) is 3.12. The van der Waals surface area contributed by atoms with Gasteiger partial charge in [0.1, 0.15) is 23.1 Å². The van der Waals surface area contributed by atoms with Crippen molar-refractivity contribution in [1.82, 2.24) is 4.72 Å². The van der Waals surface area contributed by atoms with Crippen molar-refractivity contribution in [3.8, 4) is 5.75 Å². The molecule has 3 N–H and O–H groups in total. The smallest absolute Gasteiger partial charge is 0.321 e. The first-order valence-electron chi connectivity index (χ1n) is 7.05. The Balaban J connectivity index is 1.82. The van der Waals surface area contributed by atoms with Crippen molar-refractivity contribution in [3.63, 3.8) is 0 Å². The van der Waals surface area contributed by atoms with Crippen LogP contribution in [0.25, 0.3) is 0 Å². The van der Waals surface area contributed by atoms with Crippen molar-refractivity contribution in [2.45, 2.75) is 10.8 Å². The number of sulfonamides is 1. The predicted molar refractivity (Wildman–Crippen MR) is 90.4 cm³/mol. The molecular formula is C15H16N2O6S2. The summed E-state index contributed by atoms with van der Waals surface area (Å²) in [7, 11) is -3.71. The molecule has 0 unspecified atom stereocenters. The fourth-order valence-corrected chi connectivity index (χ4v) is 3.74. The highest BCUT2D eigenvalue weighted by atomic mass is 32.2. The number of amides is 1. The van der Waals surface area contributed by atoms with Gasteiger partial charge in [0.05, 0.1) is 0 Å². The summed E-state index contributed by atoms with van der Waals surface area (Å²) < 4.78 is 36.2. The number of rotatable bonds is 9. The van der Waals surface area contributed by atoms with Crippen molar-refractivity contribution in [2.24, 2.45) is 5.73 Å². The number of thiophene rings is 1. The molecule has 0 bridgehead atoms. The van der Waals surface area contributed by atoms with Gasteiger partial charge >= 0.3 is 5.97 Å². The maximum atomic E-state index is 11.9. The predicted octanol–water partition coefficient (Wildman–Crippen LogP) is 0.634. The van der Waals surface area contributed by atoms with Gasteiger partial charge in [0.2, 0.25) is 0 Å². The van der Waals surface area contributed by atoms with E-state index in [0.717, 1.165) is 11.3 Å². The monoisotopic (exact) mass is 384 g/mol. The van der Waals surface area contributed by atoms with Gasteiger partial charge in [-0.2, -0.15) is 4.72 Å². The van der Waals surface area contributed by atoms with Crippen LogP contribution in [0.1, 0.15) is 5.56 Å². The molecule has 0 radical (unpaired) electrons. The molecule has 1 amide bonds. The van der Waals surface area contributed by atoms with Crippen LogP contribution in [0.15, 0.2) is 46.0 Å². The lowest BCUT2D eigenvalue weighted by atomic mass is 10.2. The largest absolute Gasteiger partial charge is 0.484 e. The van der Waals surface area contributed by atoms with E-state index >= 15 is 0 Å². The quantitative estimate of drug-likeness (QED) is 0.611. The van der Waals surface area contributed by atoms with Crippen LogP contribution < -0.4 is 15.2 Å². The molecule has 0 aliphatic carbocycles. The second kappa shape index (κ2) is 8.60. The van der Waals surface area contributed by atoms with Crippen LogP contribution in [0.5, 0.6) is 5.75 Å². The number of hydrogen-bond acceptors (Lipinski definition) is 7. The summed E-state index contributed by atoms with van der Waals surface area (Å²) >= 11 is 1.05. The number of carbonyl (C=O) groups excluding carboxylic acids is 2. The molecule has 0 fully saturated rings. The van der Waals surface area contributed by atoms with Crippen molar-refractivity contribution >= 4 is 33.2 Å². The molecule has 10 heteroatoms. The molecule has 0 saturated carbocycles. The highest BCUT2D eigenvalue weighted by Crippen LogP contribution is 2.15. The highest BCUT2D eigenvalue weighted by molar-refractivity contribution is 7.91. The summed E-state index contributed by atoms with van der Waals surface area (Å²) in [4.78, 5) is 22.4. The van der Waals surface area contributed by atoms with Crippen LogP contribution in [0.3, 0.4) is 0 Å². The Labute approximate surface area is 148 Å². The third-order valence-corrected chi connectivity index (χ3v) is 5.64. The molecule has 0 spiro atoms. The van der Waals surface area contributed by atoms with E-state index in [0.29, 0.717) is 11.3 Å². The van der Waals surface area contributed by atoms with E-state index in [2.05, 4.69) is 4.72 Å². The SMILES string of the molecule is NC(=O)COc1cccc(COC(=O)CNS(=O)(=O)c2cccs2)c1. The number of nitrogens with two attached hydrogens (primary N) is 1. The summed E-state index contributed by atoms with van der Waals surface area (Å²) in [5.41, 5.74) is 5.61. The molecule has 1 heterocycles. The first-order chi connectivity index (χ1) is 11.9. The van der Waals surface area contributed by atoms with E-state index in [1.54, 1.807) is 35.7 Å². The molecule has 8 nitrogen and oxygen atoms in total. The number of nitrogens with one attached hydrogen (secondary N) is 1. The van der Waals surface area contributed by atoms with Gasteiger partial charge in [-0.3, -0.25) is 9.59 Å². The maximum Gasteiger partial charge on any atom is 0.321 e. The standard InChI is InChI=1S/C15H16N2O6S2/c16-13(18)10-22-12-4-1-3-11(7-12)9-23-14(19)8-17-25(20,21)15-5-2-6-24-15/h1-7,17H,8-10H2,(H2,16,18). The van der Waals surface area contributed by atoms with E-state index in [1.807, 2.05) is 0 Å². The van der Waals surface area contributed by atoms with Crippen LogP contribution in [0.2, 0.25) is 0 Å². The summed E-state index contributed by atoms with van der Waals surface area (Å²) in [5, 5.41) is 1.63. The van der Waals surface area contributed by atoms with E-state index < -0.39 is 28.4 Å². The molecule has 2 rings (SSSR count). The maximum absolute atomic E-state index is 11.9. The zero-order valence-electron chi connectivity index (χ0n) is 13.0. The molecule has 0 saturated heterocycles. The molecule has 2 aromatic rings. The minimum atomic E-state index is -3.71. The molecule has 134 valence electrons. The lowest BCUT2D eigenvalue weighted by Gasteiger charge is -2.08. The molecule has 1 aromatic heterocycles. The Morgan fingerprint density at radius 3 is 2.68 bits per heavy atom. The van der Waals surface area contributed by atoms with Crippen molar-refractivity contribution < 1.29 is 27.5 Å². The lowest BCUT2D eigenvalue weighted by molar-refractivity contribution is -0.143. The zero-order chi connectivity index (χ0) is 18.3. The minimum absolute atomic E-state index is 0.0622. The van der Waals surface area contributed by atoms with Crippen molar-refractivity contribution in [2.75, 3.05) is 13.2 Å². The average molecular weight is 384 g/mol. The fourth-order valence-electron chi connectivity index (χ4n) is 1.74. The van der Waals surface area contributed by atoms with Crippen LogP contribution >= 0.6 is 11.3 Å². The van der Waals surface area contributed by atoms with Gasteiger partial charge in [-0.25, -0.2) is 8.42 Å². The van der Waals surface area contributed by atoms with E-state index in [1.165, 1.54) is 6.07 Å². The summed E-state index contributed by atoms with van der Waals surface area (Å²) in [6.45, 7) is -0.792. The normalized spacial score (nSPS) is 11.0. The first-order valence-corrected chi connectivity index (χ1v) is 9.42. The number of carbonyl (C=O) groups is 2. The molecule has 1 aromatic carbocycles. The number of esters is 1. The summed E-state index contributed by atoms with van der Waals surface area (Å²) in [6.07, 6.45) is 0. The zero-order valence-corrected chi connectivity index (χ0v) is 14.6. The summed E-state index contributed by atoms with van der Waals surface area (Å²) in [6, 6.07) is 9.62. The number of hydrogen-bond donors (Lipinski definition) is 2. The van der Waals surface area contributed by atoms with Gasteiger partial charge in [0, 0.05) is 0 Å². The molecule has 0 aliphatic rings. The fraction of sp³-hybridized carbons (Fsp3) is 0.200. The number of benzene rings is 1. The Morgan fingerprint density at radius 1 is 1.20 bits per heavy atom. The molecule has 0 aliphatic heterocycles. The number of ether oxygens (including phenoxy) is 2. The van der Waals surface area contributed by atoms with Crippen LogP contribution in [0, 0.1) is 0 Å². The number of primary amides is 1. The van der Waals surface area contributed by atoms with Crippen molar-refractivity contribution in [3.05, 3.63) is 47.3 Å². The van der Waals surface area contributed by atoms with Gasteiger partial charge in [-0.15, -0.1) is 11.3 Å². The van der Waals surface area contributed by atoms with Gasteiger partial charge < -0.3 is 15.2 Å². The minimum Gasteiger partial charge on any atom is -0.484 e. The van der Waals surface area contributed by atoms with E-state index in [-0.39, 0.29) is 17.4 Å². The van der Waals surface area contributed by atoms with Crippen LogP contribution in [0.4, 0.5) is 0 Å². The Hall–Kier alpha value is -2.43. The van der Waals surface area contributed by atoms with E-state index in [9.17, 15) is 18.0 Å². The molecular weight excluding hydrogens is 368 g/mol.